The minimum atomic E-state index is -0.560. The Morgan fingerprint density at radius 2 is 2.17 bits per heavy atom. The topological polar surface area (TPSA) is 78.2 Å². The highest BCUT2D eigenvalue weighted by atomic mass is 16.6. The van der Waals surface area contributed by atoms with Gasteiger partial charge in [-0.1, -0.05) is 0 Å². The molecule has 0 atom stereocenters. The van der Waals surface area contributed by atoms with E-state index in [4.69, 9.17) is 4.74 Å². The van der Waals surface area contributed by atoms with Crippen molar-refractivity contribution < 1.29 is 9.66 Å². The molecule has 0 saturated heterocycles. The molecule has 0 N–H and O–H groups in total. The standard InChI is InChI=1S/C6H7N3O3/c1-2-12-6-7-3-5(4-8-6)9(10)11/h3-4H,2H2,1H3. The molecular formula is C6H7N3O3. The van der Waals surface area contributed by atoms with Crippen LogP contribution in [0.5, 0.6) is 6.01 Å². The summed E-state index contributed by atoms with van der Waals surface area (Å²) in [7, 11) is 0. The maximum absolute atomic E-state index is 10.2. The number of nitrogens with zero attached hydrogens (tertiary/aromatic N) is 3. The monoisotopic (exact) mass is 169 g/mol. The molecule has 0 aliphatic rings. The van der Waals surface area contributed by atoms with Gasteiger partial charge in [0.1, 0.15) is 12.4 Å². The third kappa shape index (κ3) is 1.88. The number of hydrogen-bond acceptors (Lipinski definition) is 5. The molecule has 0 spiro atoms. The van der Waals surface area contributed by atoms with Gasteiger partial charge in [0.05, 0.1) is 11.5 Å². The van der Waals surface area contributed by atoms with Crippen LogP contribution in [0, 0.1) is 10.1 Å². The van der Waals surface area contributed by atoms with Crippen LogP contribution in [0.25, 0.3) is 0 Å². The fourth-order valence-corrected chi connectivity index (χ4v) is 0.607. The molecule has 0 fully saturated rings. The van der Waals surface area contributed by atoms with E-state index in [0.717, 1.165) is 12.4 Å². The molecule has 0 radical (unpaired) electrons. The van der Waals surface area contributed by atoms with Gasteiger partial charge in [-0.3, -0.25) is 10.1 Å². The predicted molar refractivity (Wildman–Crippen MR) is 39.9 cm³/mol. The Balaban J connectivity index is 2.78. The average Bonchev–Trinajstić information content (AvgIpc) is 2.06. The van der Waals surface area contributed by atoms with Crippen LogP contribution in [0.1, 0.15) is 6.92 Å². The van der Waals surface area contributed by atoms with Gasteiger partial charge in [-0.05, 0) is 6.92 Å². The lowest BCUT2D eigenvalue weighted by molar-refractivity contribution is -0.385. The van der Waals surface area contributed by atoms with E-state index in [1.54, 1.807) is 6.92 Å². The van der Waals surface area contributed by atoms with Crippen molar-refractivity contribution in [2.45, 2.75) is 6.92 Å². The summed E-state index contributed by atoms with van der Waals surface area (Å²) in [5, 5.41) is 10.2. The molecule has 1 heterocycles. The van der Waals surface area contributed by atoms with Crippen LogP contribution in [-0.4, -0.2) is 21.5 Å². The number of nitro groups is 1. The predicted octanol–water partition coefficient (Wildman–Crippen LogP) is 0.783. The first kappa shape index (κ1) is 8.38. The summed E-state index contributed by atoms with van der Waals surface area (Å²) in [4.78, 5) is 16.8. The number of rotatable bonds is 3. The first-order chi connectivity index (χ1) is 5.74. The molecular weight excluding hydrogens is 162 g/mol. The summed E-state index contributed by atoms with van der Waals surface area (Å²) in [6, 6.07) is 0.156. The van der Waals surface area contributed by atoms with Gasteiger partial charge in [0.2, 0.25) is 0 Å². The van der Waals surface area contributed by atoms with Gasteiger partial charge >= 0.3 is 11.7 Å². The first-order valence-electron chi connectivity index (χ1n) is 3.33. The van der Waals surface area contributed by atoms with Crippen LogP contribution in [-0.2, 0) is 0 Å². The molecule has 0 bridgehead atoms. The minimum absolute atomic E-state index is 0.140. The van der Waals surface area contributed by atoms with Crippen LogP contribution in [0.15, 0.2) is 12.4 Å². The van der Waals surface area contributed by atoms with Crippen molar-refractivity contribution in [2.75, 3.05) is 6.61 Å². The molecule has 64 valence electrons. The Kier molecular flexibility index (Phi) is 2.52. The maximum Gasteiger partial charge on any atom is 0.316 e. The Hall–Kier alpha value is -1.72. The van der Waals surface area contributed by atoms with E-state index in [0.29, 0.717) is 6.61 Å². The lowest BCUT2D eigenvalue weighted by Crippen LogP contribution is -1.98. The van der Waals surface area contributed by atoms with E-state index in [1.807, 2.05) is 0 Å². The molecule has 1 aromatic rings. The van der Waals surface area contributed by atoms with Crippen LogP contribution in [0.4, 0.5) is 5.69 Å². The highest BCUT2D eigenvalue weighted by molar-refractivity contribution is 5.21. The van der Waals surface area contributed by atoms with E-state index >= 15 is 0 Å². The second-order valence-electron chi connectivity index (χ2n) is 1.91. The zero-order chi connectivity index (χ0) is 8.97. The smallest absolute Gasteiger partial charge is 0.316 e. The van der Waals surface area contributed by atoms with Crippen molar-refractivity contribution in [1.29, 1.82) is 0 Å². The number of aromatic nitrogens is 2. The minimum Gasteiger partial charge on any atom is -0.464 e. The van der Waals surface area contributed by atoms with Gasteiger partial charge < -0.3 is 4.74 Å². The summed E-state index contributed by atoms with van der Waals surface area (Å²) in [6.07, 6.45) is 2.22. The maximum atomic E-state index is 10.2. The van der Waals surface area contributed by atoms with Crippen LogP contribution < -0.4 is 4.74 Å². The summed E-state index contributed by atoms with van der Waals surface area (Å²) >= 11 is 0. The Morgan fingerprint density at radius 3 is 2.58 bits per heavy atom. The van der Waals surface area contributed by atoms with Crippen molar-refractivity contribution >= 4 is 5.69 Å². The lowest BCUT2D eigenvalue weighted by atomic mass is 10.6. The Morgan fingerprint density at radius 1 is 1.58 bits per heavy atom. The number of ether oxygens (including phenoxy) is 1. The van der Waals surface area contributed by atoms with Crippen molar-refractivity contribution in [1.82, 2.24) is 9.97 Å². The number of hydrogen-bond donors (Lipinski definition) is 0. The van der Waals surface area contributed by atoms with Gasteiger partial charge in [-0.2, -0.15) is 9.97 Å². The SMILES string of the molecule is CCOc1ncc([N+](=O)[O-])cn1. The molecule has 0 saturated carbocycles. The molecule has 0 unspecified atom stereocenters. The molecule has 1 aromatic heterocycles. The third-order valence-corrected chi connectivity index (χ3v) is 1.10. The summed E-state index contributed by atoms with van der Waals surface area (Å²) in [5.74, 6) is 0. The summed E-state index contributed by atoms with van der Waals surface area (Å²) in [5.41, 5.74) is -0.140. The van der Waals surface area contributed by atoms with Crippen molar-refractivity contribution in [2.24, 2.45) is 0 Å². The highest BCUT2D eigenvalue weighted by Gasteiger charge is 2.05. The van der Waals surface area contributed by atoms with Gasteiger partial charge in [-0.15, -0.1) is 0 Å². The van der Waals surface area contributed by atoms with Crippen molar-refractivity contribution in [3.8, 4) is 6.01 Å². The van der Waals surface area contributed by atoms with Crippen molar-refractivity contribution in [3.05, 3.63) is 22.5 Å². The van der Waals surface area contributed by atoms with Crippen LogP contribution >= 0.6 is 0 Å². The van der Waals surface area contributed by atoms with E-state index in [1.165, 1.54) is 0 Å². The van der Waals surface area contributed by atoms with E-state index in [-0.39, 0.29) is 11.7 Å². The molecule has 0 aliphatic carbocycles. The lowest BCUT2D eigenvalue weighted by Gasteiger charge is -1.97. The molecule has 0 aromatic carbocycles. The largest absolute Gasteiger partial charge is 0.464 e. The van der Waals surface area contributed by atoms with Gasteiger partial charge in [0, 0.05) is 0 Å². The highest BCUT2D eigenvalue weighted by Crippen LogP contribution is 2.08. The van der Waals surface area contributed by atoms with Gasteiger partial charge in [-0.25, -0.2) is 0 Å². The van der Waals surface area contributed by atoms with Crippen molar-refractivity contribution in [3.63, 3.8) is 0 Å². The van der Waals surface area contributed by atoms with Crippen LogP contribution in [0.2, 0.25) is 0 Å². The third-order valence-electron chi connectivity index (χ3n) is 1.10. The summed E-state index contributed by atoms with van der Waals surface area (Å²) < 4.78 is 4.90. The zero-order valence-corrected chi connectivity index (χ0v) is 6.43. The quantitative estimate of drug-likeness (QED) is 0.493. The second-order valence-corrected chi connectivity index (χ2v) is 1.91. The summed E-state index contributed by atoms with van der Waals surface area (Å²) in [6.45, 7) is 2.22. The van der Waals surface area contributed by atoms with Gasteiger partial charge in [0.15, 0.2) is 0 Å². The average molecular weight is 169 g/mol. The van der Waals surface area contributed by atoms with Crippen LogP contribution in [0.3, 0.4) is 0 Å². The molecule has 1 rings (SSSR count). The molecule has 12 heavy (non-hydrogen) atoms. The molecule has 6 nitrogen and oxygen atoms in total. The Labute approximate surface area is 68.4 Å². The molecule has 0 aliphatic heterocycles. The normalized spacial score (nSPS) is 9.42. The van der Waals surface area contributed by atoms with E-state index < -0.39 is 4.92 Å². The van der Waals surface area contributed by atoms with E-state index in [2.05, 4.69) is 9.97 Å². The Bertz CT molecular complexity index is 272. The fraction of sp³-hybridized carbons (Fsp3) is 0.333. The fourth-order valence-electron chi connectivity index (χ4n) is 0.607. The molecule has 6 heteroatoms. The molecule has 0 amide bonds. The second kappa shape index (κ2) is 3.61. The zero-order valence-electron chi connectivity index (χ0n) is 6.43. The van der Waals surface area contributed by atoms with Gasteiger partial charge in [0.25, 0.3) is 0 Å². The van der Waals surface area contributed by atoms with E-state index in [9.17, 15) is 10.1 Å². The first-order valence-corrected chi connectivity index (χ1v) is 3.33.